The van der Waals surface area contributed by atoms with E-state index in [1.165, 1.54) is 18.2 Å². The molecule has 0 spiro atoms. The van der Waals surface area contributed by atoms with Crippen LogP contribution in [0.5, 0.6) is 0 Å². The molecular weight excluding hydrogens is 555 g/mol. The fourth-order valence-corrected chi connectivity index (χ4v) is 6.62. The van der Waals surface area contributed by atoms with E-state index in [-0.39, 0.29) is 27.4 Å². The summed E-state index contributed by atoms with van der Waals surface area (Å²) in [4.78, 5) is 54.2. The number of allylic oxidation sites excluding steroid dienone is 2. The number of hydrogen-bond donors (Lipinski definition) is 0. The standard InChI is InChI=1S/C26H19BrCl2N2O4/c27-14-4-1-12(2-5-14)21(32)11-30(24(33)13-3-8-19(28)20(29)9-13)31-25(34)22-15-6-7-16(18-10-17(15)18)23(22)26(31)35/h1-9,15-18,22-23H,10-11H2/t15-,16-,17-,18+,22-,23+/m1/s1. The van der Waals surface area contributed by atoms with Crippen LogP contribution in [0, 0.1) is 35.5 Å². The number of carbonyl (C=O) groups excluding carboxylic acids is 4. The lowest BCUT2D eigenvalue weighted by molar-refractivity contribution is -0.154. The molecule has 0 radical (unpaired) electrons. The Morgan fingerprint density at radius 1 is 0.886 bits per heavy atom. The number of hydrazine groups is 1. The lowest BCUT2D eigenvalue weighted by Crippen LogP contribution is -2.52. The first-order valence-corrected chi connectivity index (χ1v) is 12.9. The van der Waals surface area contributed by atoms with Gasteiger partial charge in [0.15, 0.2) is 5.78 Å². The van der Waals surface area contributed by atoms with Gasteiger partial charge in [0.2, 0.25) is 0 Å². The average molecular weight is 574 g/mol. The molecule has 5 aliphatic rings. The Balaban J connectivity index is 1.37. The van der Waals surface area contributed by atoms with E-state index in [1.807, 2.05) is 0 Å². The minimum atomic E-state index is -0.667. The number of Topliss-reactive ketones (excluding diaryl/α,β-unsaturated/α-hetero) is 1. The molecule has 2 aromatic carbocycles. The smallest absolute Gasteiger partial charge is 0.273 e. The highest BCUT2D eigenvalue weighted by Crippen LogP contribution is 2.65. The molecule has 1 saturated heterocycles. The lowest BCUT2D eigenvalue weighted by atomic mass is 9.63. The van der Waals surface area contributed by atoms with E-state index in [1.54, 1.807) is 24.3 Å². The monoisotopic (exact) mass is 572 g/mol. The summed E-state index contributed by atoms with van der Waals surface area (Å²) in [6, 6.07) is 11.0. The summed E-state index contributed by atoms with van der Waals surface area (Å²) in [7, 11) is 0. The fraction of sp³-hybridized carbons (Fsp3) is 0.308. The van der Waals surface area contributed by atoms with Gasteiger partial charge in [0.05, 0.1) is 21.9 Å². The van der Waals surface area contributed by atoms with Crippen molar-refractivity contribution in [2.24, 2.45) is 35.5 Å². The van der Waals surface area contributed by atoms with Gasteiger partial charge in [-0.25, -0.2) is 5.01 Å². The second kappa shape index (κ2) is 8.29. The van der Waals surface area contributed by atoms with Crippen molar-refractivity contribution in [3.8, 4) is 0 Å². The molecule has 178 valence electrons. The van der Waals surface area contributed by atoms with Crippen LogP contribution < -0.4 is 0 Å². The fourth-order valence-electron chi connectivity index (χ4n) is 6.05. The van der Waals surface area contributed by atoms with Gasteiger partial charge in [0, 0.05) is 15.6 Å². The number of benzene rings is 2. The molecule has 9 heteroatoms. The summed E-state index contributed by atoms with van der Waals surface area (Å²) in [6.07, 6.45) is 5.16. The highest BCUT2D eigenvalue weighted by molar-refractivity contribution is 9.10. The molecule has 0 N–H and O–H groups in total. The molecule has 2 aromatic rings. The first-order chi connectivity index (χ1) is 16.8. The number of carbonyl (C=O) groups is 4. The van der Waals surface area contributed by atoms with Crippen LogP contribution in [0.3, 0.4) is 0 Å². The van der Waals surface area contributed by atoms with Gasteiger partial charge in [-0.05, 0) is 60.4 Å². The Labute approximate surface area is 219 Å². The molecule has 0 unspecified atom stereocenters. The number of ketones is 1. The Hall–Kier alpha value is -2.48. The van der Waals surface area contributed by atoms with Crippen molar-refractivity contribution in [3.63, 3.8) is 0 Å². The van der Waals surface area contributed by atoms with Crippen LogP contribution >= 0.6 is 39.1 Å². The minimum absolute atomic E-state index is 0.000512. The maximum absolute atomic E-state index is 13.7. The van der Waals surface area contributed by atoms with Crippen molar-refractivity contribution in [2.45, 2.75) is 6.42 Å². The molecule has 1 heterocycles. The first-order valence-electron chi connectivity index (χ1n) is 11.4. The second-order valence-corrected chi connectivity index (χ2v) is 11.3. The molecule has 35 heavy (non-hydrogen) atoms. The topological polar surface area (TPSA) is 74.8 Å². The van der Waals surface area contributed by atoms with Crippen LogP contribution in [0.4, 0.5) is 0 Å². The van der Waals surface area contributed by atoms with Crippen molar-refractivity contribution in [3.05, 3.63) is 80.3 Å². The maximum Gasteiger partial charge on any atom is 0.273 e. The number of imide groups is 1. The third-order valence-electron chi connectivity index (χ3n) is 7.74. The third-order valence-corrected chi connectivity index (χ3v) is 9.01. The molecule has 2 saturated carbocycles. The van der Waals surface area contributed by atoms with Gasteiger partial charge in [-0.2, -0.15) is 5.01 Å². The lowest BCUT2D eigenvalue weighted by Gasteiger charge is -2.37. The van der Waals surface area contributed by atoms with Gasteiger partial charge >= 0.3 is 0 Å². The van der Waals surface area contributed by atoms with Gasteiger partial charge in [-0.3, -0.25) is 19.2 Å². The van der Waals surface area contributed by atoms with Crippen molar-refractivity contribution in [2.75, 3.05) is 6.54 Å². The minimum Gasteiger partial charge on any atom is -0.292 e. The molecule has 3 amide bonds. The highest BCUT2D eigenvalue weighted by atomic mass is 79.9. The molecule has 7 rings (SSSR count). The first kappa shape index (κ1) is 23.0. The van der Waals surface area contributed by atoms with E-state index in [0.717, 1.165) is 20.9 Å². The Morgan fingerprint density at radius 2 is 1.46 bits per heavy atom. The van der Waals surface area contributed by atoms with Crippen LogP contribution in [0.15, 0.2) is 59.1 Å². The van der Waals surface area contributed by atoms with Crippen LogP contribution in [0.2, 0.25) is 10.0 Å². The molecule has 0 aromatic heterocycles. The zero-order valence-electron chi connectivity index (χ0n) is 18.2. The Bertz CT molecular complexity index is 1290. The maximum atomic E-state index is 13.7. The SMILES string of the molecule is O=C(CN(C(=O)c1ccc(Cl)c(Cl)c1)N1C(=O)[C@@H]2[C@@H]3C=C[C@H]([C@@H]4C[C@H]34)[C@@H]2C1=O)c1ccc(Br)cc1. The highest BCUT2D eigenvalue weighted by Gasteiger charge is 2.68. The van der Waals surface area contributed by atoms with Gasteiger partial charge in [-0.1, -0.05) is 63.4 Å². The normalized spacial score (nSPS) is 29.7. The van der Waals surface area contributed by atoms with E-state index < -0.39 is 41.9 Å². The van der Waals surface area contributed by atoms with Gasteiger partial charge in [0.25, 0.3) is 17.7 Å². The molecule has 2 bridgehead atoms. The van der Waals surface area contributed by atoms with Crippen molar-refractivity contribution < 1.29 is 19.2 Å². The van der Waals surface area contributed by atoms with Gasteiger partial charge in [-0.15, -0.1) is 0 Å². The number of rotatable bonds is 5. The van der Waals surface area contributed by atoms with Crippen molar-refractivity contribution in [1.82, 2.24) is 10.0 Å². The summed E-state index contributed by atoms with van der Waals surface area (Å²) in [6.45, 7) is -0.465. The van der Waals surface area contributed by atoms with Gasteiger partial charge < -0.3 is 0 Å². The van der Waals surface area contributed by atoms with Crippen LogP contribution in [0.25, 0.3) is 0 Å². The van der Waals surface area contributed by atoms with Gasteiger partial charge in [0.1, 0.15) is 6.54 Å². The predicted octanol–water partition coefficient (Wildman–Crippen LogP) is 5.05. The quantitative estimate of drug-likeness (QED) is 0.285. The molecule has 3 fully saturated rings. The largest absolute Gasteiger partial charge is 0.292 e. The van der Waals surface area contributed by atoms with E-state index >= 15 is 0 Å². The number of nitrogens with zero attached hydrogens (tertiary/aromatic N) is 2. The van der Waals surface area contributed by atoms with E-state index in [9.17, 15) is 19.2 Å². The second-order valence-electron chi connectivity index (χ2n) is 9.56. The van der Waals surface area contributed by atoms with E-state index in [2.05, 4.69) is 28.1 Å². The number of hydrogen-bond acceptors (Lipinski definition) is 4. The van der Waals surface area contributed by atoms with Crippen LogP contribution in [-0.4, -0.2) is 40.1 Å². The summed E-state index contributed by atoms with van der Waals surface area (Å²) in [5, 5.41) is 2.33. The molecule has 6 atom stereocenters. The zero-order valence-corrected chi connectivity index (χ0v) is 21.3. The molecule has 6 nitrogen and oxygen atoms in total. The van der Waals surface area contributed by atoms with Crippen LogP contribution in [0.1, 0.15) is 27.1 Å². The summed E-state index contributed by atoms with van der Waals surface area (Å²) in [5.41, 5.74) is 0.488. The Morgan fingerprint density at radius 3 is 2.03 bits per heavy atom. The van der Waals surface area contributed by atoms with E-state index in [4.69, 9.17) is 23.2 Å². The zero-order chi connectivity index (χ0) is 24.6. The molecular formula is C26H19BrCl2N2O4. The Kier molecular flexibility index (Phi) is 5.43. The van der Waals surface area contributed by atoms with Crippen LogP contribution in [-0.2, 0) is 9.59 Å². The summed E-state index contributed by atoms with van der Waals surface area (Å²) in [5.74, 6) is -2.03. The van der Waals surface area contributed by atoms with Crippen molar-refractivity contribution in [1.29, 1.82) is 0 Å². The average Bonchev–Trinajstić information content (AvgIpc) is 3.63. The predicted molar refractivity (Wildman–Crippen MR) is 133 cm³/mol. The van der Waals surface area contributed by atoms with E-state index in [0.29, 0.717) is 17.4 Å². The number of amides is 3. The van der Waals surface area contributed by atoms with Crippen molar-refractivity contribution >= 4 is 62.6 Å². The number of halogens is 3. The summed E-state index contributed by atoms with van der Waals surface area (Å²) >= 11 is 15.5. The third kappa shape index (κ3) is 3.59. The summed E-state index contributed by atoms with van der Waals surface area (Å²) < 4.78 is 0.799. The molecule has 4 aliphatic carbocycles. The molecule has 1 aliphatic heterocycles.